The van der Waals surface area contributed by atoms with Gasteiger partial charge in [-0.15, -0.1) is 0 Å². The molecule has 24 heavy (non-hydrogen) atoms. The Morgan fingerprint density at radius 2 is 1.79 bits per heavy atom. The Bertz CT molecular complexity index is 589. The minimum Gasteiger partial charge on any atom is -0.480 e. The van der Waals surface area contributed by atoms with Crippen molar-refractivity contribution in [3.63, 3.8) is 0 Å². The molecule has 0 aromatic heterocycles. The molecular formula is C16H22BrN3O4. The van der Waals surface area contributed by atoms with Gasteiger partial charge in [0.15, 0.2) is 0 Å². The van der Waals surface area contributed by atoms with Crippen LogP contribution in [0.5, 0.6) is 0 Å². The summed E-state index contributed by atoms with van der Waals surface area (Å²) in [6.45, 7) is 3.43. The van der Waals surface area contributed by atoms with Gasteiger partial charge in [0.25, 0.3) is 0 Å². The van der Waals surface area contributed by atoms with Gasteiger partial charge in [0.2, 0.25) is 5.91 Å². The van der Waals surface area contributed by atoms with E-state index in [1.807, 2.05) is 13.8 Å². The van der Waals surface area contributed by atoms with Crippen molar-refractivity contribution in [1.82, 2.24) is 10.2 Å². The highest BCUT2D eigenvalue weighted by Crippen LogP contribution is 2.14. The van der Waals surface area contributed by atoms with Crippen LogP contribution in [0.4, 0.5) is 10.5 Å². The van der Waals surface area contributed by atoms with Gasteiger partial charge in [-0.25, -0.2) is 4.79 Å². The van der Waals surface area contributed by atoms with Crippen LogP contribution in [0.2, 0.25) is 0 Å². The van der Waals surface area contributed by atoms with Crippen molar-refractivity contribution >= 4 is 39.5 Å². The quantitative estimate of drug-likeness (QED) is 0.655. The fourth-order valence-corrected chi connectivity index (χ4v) is 2.36. The molecule has 1 aromatic rings. The number of aliphatic carboxylic acids is 1. The van der Waals surface area contributed by atoms with Crippen LogP contribution in [0.15, 0.2) is 28.7 Å². The van der Waals surface area contributed by atoms with E-state index in [0.29, 0.717) is 12.1 Å². The summed E-state index contributed by atoms with van der Waals surface area (Å²) < 4.78 is 0.886. The van der Waals surface area contributed by atoms with Crippen molar-refractivity contribution < 1.29 is 19.5 Å². The minimum atomic E-state index is -1.10. The molecule has 7 nitrogen and oxygen atoms in total. The maximum absolute atomic E-state index is 12.4. The summed E-state index contributed by atoms with van der Waals surface area (Å²) in [5.74, 6) is -1.38. The average Bonchev–Trinajstić information content (AvgIpc) is 2.47. The number of nitrogens with zero attached hydrogens (tertiary/aromatic N) is 1. The Kier molecular flexibility index (Phi) is 7.70. The molecule has 0 saturated carbocycles. The molecule has 0 radical (unpaired) electrons. The van der Waals surface area contributed by atoms with Crippen LogP contribution in [0.25, 0.3) is 0 Å². The molecule has 0 heterocycles. The number of likely N-dealkylation sites (N-methyl/N-ethyl adjacent to an activating group) is 1. The molecule has 3 amide bonds. The van der Waals surface area contributed by atoms with Crippen LogP contribution in [0, 0.1) is 5.92 Å². The highest BCUT2D eigenvalue weighted by atomic mass is 79.9. The molecule has 1 aromatic carbocycles. The van der Waals surface area contributed by atoms with E-state index in [-0.39, 0.29) is 5.92 Å². The molecule has 0 spiro atoms. The lowest BCUT2D eigenvalue weighted by Gasteiger charge is -2.24. The van der Waals surface area contributed by atoms with Crippen LogP contribution < -0.4 is 10.6 Å². The number of halogens is 1. The first-order valence-corrected chi connectivity index (χ1v) is 8.28. The third-order valence-corrected chi connectivity index (χ3v) is 3.69. The fourth-order valence-electron chi connectivity index (χ4n) is 2.10. The van der Waals surface area contributed by atoms with Gasteiger partial charge in [-0.2, -0.15) is 0 Å². The predicted octanol–water partition coefficient (Wildman–Crippen LogP) is 2.53. The summed E-state index contributed by atoms with van der Waals surface area (Å²) in [5, 5.41) is 14.1. The number of amides is 3. The summed E-state index contributed by atoms with van der Waals surface area (Å²) in [7, 11) is 1.40. The Hall–Kier alpha value is -2.09. The molecule has 0 bridgehead atoms. The van der Waals surface area contributed by atoms with Crippen molar-refractivity contribution in [2.45, 2.75) is 26.3 Å². The van der Waals surface area contributed by atoms with E-state index in [9.17, 15) is 14.4 Å². The first-order chi connectivity index (χ1) is 11.2. The van der Waals surface area contributed by atoms with Gasteiger partial charge in [0, 0.05) is 17.2 Å². The average molecular weight is 400 g/mol. The van der Waals surface area contributed by atoms with Crippen LogP contribution in [-0.2, 0) is 9.59 Å². The van der Waals surface area contributed by atoms with E-state index in [4.69, 9.17) is 5.11 Å². The third-order valence-electron chi connectivity index (χ3n) is 3.16. The topological polar surface area (TPSA) is 98.7 Å². The lowest BCUT2D eigenvalue weighted by molar-refractivity contribution is -0.144. The van der Waals surface area contributed by atoms with Crippen LogP contribution >= 0.6 is 15.9 Å². The molecule has 8 heteroatoms. The molecule has 132 valence electrons. The van der Waals surface area contributed by atoms with Crippen molar-refractivity contribution in [3.05, 3.63) is 28.7 Å². The summed E-state index contributed by atoms with van der Waals surface area (Å²) in [6.07, 6.45) is 0.413. The minimum absolute atomic E-state index is 0.158. The zero-order valence-electron chi connectivity index (χ0n) is 13.9. The number of carbonyl (C=O) groups excluding carboxylic acids is 2. The van der Waals surface area contributed by atoms with E-state index in [1.165, 1.54) is 7.05 Å². The SMILES string of the molecule is CC(C)CC(NC(=O)Nc1ccc(Br)cc1)C(=O)N(C)CC(=O)O. The monoisotopic (exact) mass is 399 g/mol. The molecule has 0 aliphatic heterocycles. The number of carboxylic acid groups (broad SMARTS) is 1. The maximum Gasteiger partial charge on any atom is 0.323 e. The van der Waals surface area contributed by atoms with E-state index >= 15 is 0 Å². The van der Waals surface area contributed by atoms with Gasteiger partial charge in [0.1, 0.15) is 12.6 Å². The van der Waals surface area contributed by atoms with Crippen molar-refractivity contribution in [1.29, 1.82) is 0 Å². The number of hydrogen-bond acceptors (Lipinski definition) is 3. The number of anilines is 1. The van der Waals surface area contributed by atoms with Gasteiger partial charge < -0.3 is 20.6 Å². The Labute approximate surface area is 149 Å². The molecule has 0 fully saturated rings. The highest BCUT2D eigenvalue weighted by molar-refractivity contribution is 9.10. The lowest BCUT2D eigenvalue weighted by atomic mass is 10.0. The van der Waals surface area contributed by atoms with Gasteiger partial charge in [-0.3, -0.25) is 9.59 Å². The highest BCUT2D eigenvalue weighted by Gasteiger charge is 2.25. The normalized spacial score (nSPS) is 11.7. The second-order valence-corrected chi connectivity index (χ2v) is 6.79. The van der Waals surface area contributed by atoms with Crippen molar-refractivity contribution in [2.24, 2.45) is 5.92 Å². The number of nitrogens with one attached hydrogen (secondary N) is 2. The van der Waals surface area contributed by atoms with E-state index < -0.39 is 30.5 Å². The van der Waals surface area contributed by atoms with E-state index in [2.05, 4.69) is 26.6 Å². The predicted molar refractivity (Wildman–Crippen MR) is 94.8 cm³/mol. The van der Waals surface area contributed by atoms with E-state index in [0.717, 1.165) is 9.37 Å². The van der Waals surface area contributed by atoms with Gasteiger partial charge >= 0.3 is 12.0 Å². The van der Waals surface area contributed by atoms with Gasteiger partial charge in [-0.05, 0) is 36.6 Å². The van der Waals surface area contributed by atoms with Gasteiger partial charge in [-0.1, -0.05) is 29.8 Å². The lowest BCUT2D eigenvalue weighted by Crippen LogP contribution is -2.50. The molecule has 1 unspecified atom stereocenters. The zero-order chi connectivity index (χ0) is 18.3. The summed E-state index contributed by atoms with van der Waals surface area (Å²) in [5.41, 5.74) is 0.588. The molecule has 0 aliphatic carbocycles. The molecule has 1 atom stereocenters. The van der Waals surface area contributed by atoms with Crippen molar-refractivity contribution in [2.75, 3.05) is 18.9 Å². The standard InChI is InChI=1S/C16H22BrN3O4/c1-10(2)8-13(15(23)20(3)9-14(21)22)19-16(24)18-12-6-4-11(17)5-7-12/h4-7,10,13H,8-9H2,1-3H3,(H,21,22)(H2,18,19,24). The third kappa shape index (κ3) is 6.99. The first-order valence-electron chi connectivity index (χ1n) is 7.49. The number of rotatable bonds is 7. The number of benzene rings is 1. The molecule has 0 aliphatic rings. The fraction of sp³-hybridized carbons (Fsp3) is 0.438. The zero-order valence-corrected chi connectivity index (χ0v) is 15.5. The molecule has 0 saturated heterocycles. The summed E-state index contributed by atoms with van der Waals surface area (Å²) in [4.78, 5) is 36.3. The first kappa shape index (κ1) is 20.0. The summed E-state index contributed by atoms with van der Waals surface area (Å²) in [6, 6.07) is 5.71. The largest absolute Gasteiger partial charge is 0.480 e. The number of carboxylic acids is 1. The second kappa shape index (κ2) is 9.27. The molecular weight excluding hydrogens is 378 g/mol. The van der Waals surface area contributed by atoms with Crippen LogP contribution in [-0.4, -0.2) is 47.5 Å². The Morgan fingerprint density at radius 3 is 2.29 bits per heavy atom. The number of hydrogen-bond donors (Lipinski definition) is 3. The maximum atomic E-state index is 12.4. The summed E-state index contributed by atoms with van der Waals surface area (Å²) >= 11 is 3.31. The number of carbonyl (C=O) groups is 3. The van der Waals surface area contributed by atoms with Crippen molar-refractivity contribution in [3.8, 4) is 0 Å². The smallest absolute Gasteiger partial charge is 0.323 e. The molecule has 3 N–H and O–H groups in total. The van der Waals surface area contributed by atoms with E-state index in [1.54, 1.807) is 24.3 Å². The Balaban J connectivity index is 2.73. The van der Waals surface area contributed by atoms with Gasteiger partial charge in [0.05, 0.1) is 0 Å². The number of urea groups is 1. The Morgan fingerprint density at radius 1 is 1.21 bits per heavy atom. The van der Waals surface area contributed by atoms with Crippen LogP contribution in [0.3, 0.4) is 0 Å². The van der Waals surface area contributed by atoms with Crippen LogP contribution in [0.1, 0.15) is 20.3 Å². The second-order valence-electron chi connectivity index (χ2n) is 5.88. The molecule has 1 rings (SSSR count).